The van der Waals surface area contributed by atoms with E-state index < -0.39 is 0 Å². The molecule has 1 heteroatoms. The zero-order chi connectivity index (χ0) is 24.3. The number of furan rings is 1. The van der Waals surface area contributed by atoms with Crippen molar-refractivity contribution in [2.24, 2.45) is 0 Å². The first-order chi connectivity index (χ1) is 16.1. The molecule has 0 N–H and O–H groups in total. The number of benzene rings is 3. The summed E-state index contributed by atoms with van der Waals surface area (Å²) in [6.45, 7) is 16.2. The number of aryl methyl sites for hydroxylation is 1. The van der Waals surface area contributed by atoms with Crippen LogP contribution in [0.3, 0.4) is 0 Å². The van der Waals surface area contributed by atoms with Crippen LogP contribution in [0.15, 0.2) is 65.3 Å². The fraction of sp³-hybridized carbons (Fsp3) is 0.333. The van der Waals surface area contributed by atoms with Gasteiger partial charge < -0.3 is 4.42 Å². The van der Waals surface area contributed by atoms with Crippen molar-refractivity contribution >= 4 is 22.4 Å². The van der Waals surface area contributed by atoms with Gasteiger partial charge in [-0.3, -0.25) is 0 Å². The molecule has 0 saturated heterocycles. The molecule has 174 valence electrons. The summed E-state index contributed by atoms with van der Waals surface area (Å²) in [5.41, 5.74) is 11.1. The highest BCUT2D eigenvalue weighted by Crippen LogP contribution is 2.43. The number of hydrogen-bond donors (Lipinski definition) is 0. The van der Waals surface area contributed by atoms with Crippen molar-refractivity contribution < 1.29 is 4.42 Å². The van der Waals surface area contributed by atoms with Crippen LogP contribution in [0.2, 0.25) is 0 Å². The molecule has 0 fully saturated rings. The first-order valence-electron chi connectivity index (χ1n) is 12.5. The molecule has 4 aromatic rings. The Morgan fingerprint density at radius 3 is 2.15 bits per heavy atom. The summed E-state index contributed by atoms with van der Waals surface area (Å²) in [5.74, 6) is 1.01. The van der Waals surface area contributed by atoms with Gasteiger partial charge in [-0.25, -0.2) is 0 Å². The van der Waals surface area contributed by atoms with E-state index in [4.69, 9.17) is 4.42 Å². The van der Waals surface area contributed by atoms with Crippen LogP contribution in [0.4, 0.5) is 0 Å². The van der Waals surface area contributed by atoms with Gasteiger partial charge in [0.05, 0.1) is 6.26 Å². The Bertz CT molecular complexity index is 1380. The summed E-state index contributed by atoms with van der Waals surface area (Å²) in [6, 6.07) is 20.4. The third-order valence-electron chi connectivity index (χ3n) is 7.26. The zero-order valence-corrected chi connectivity index (χ0v) is 21.7. The van der Waals surface area contributed by atoms with E-state index in [1.807, 2.05) is 6.26 Å². The van der Waals surface area contributed by atoms with E-state index in [0.717, 1.165) is 24.0 Å². The Morgan fingerprint density at radius 2 is 1.50 bits per heavy atom. The summed E-state index contributed by atoms with van der Waals surface area (Å²) in [7, 11) is 0. The van der Waals surface area contributed by atoms with Gasteiger partial charge in [0.1, 0.15) is 5.76 Å². The Morgan fingerprint density at radius 1 is 0.824 bits per heavy atom. The molecule has 34 heavy (non-hydrogen) atoms. The van der Waals surface area contributed by atoms with Crippen molar-refractivity contribution in [3.8, 4) is 11.1 Å². The van der Waals surface area contributed by atoms with Crippen LogP contribution in [0.5, 0.6) is 0 Å². The van der Waals surface area contributed by atoms with E-state index >= 15 is 0 Å². The lowest BCUT2D eigenvalue weighted by molar-refractivity contribution is 0.557. The normalized spacial score (nSPS) is 13.9. The molecular formula is C33H36O. The van der Waals surface area contributed by atoms with Gasteiger partial charge in [-0.2, -0.15) is 0 Å². The number of allylic oxidation sites excluding steroid dienone is 1. The van der Waals surface area contributed by atoms with Crippen molar-refractivity contribution in [2.45, 2.75) is 72.1 Å². The molecule has 0 spiro atoms. The number of hydrogen-bond acceptors (Lipinski definition) is 1. The average molecular weight is 449 g/mol. The van der Waals surface area contributed by atoms with E-state index in [1.54, 1.807) is 0 Å². The summed E-state index contributed by atoms with van der Waals surface area (Å²) < 4.78 is 6.09. The fourth-order valence-corrected chi connectivity index (χ4v) is 5.12. The third kappa shape index (κ3) is 3.92. The number of rotatable bonds is 3. The molecule has 1 aliphatic rings. The molecule has 0 atom stereocenters. The molecule has 1 heterocycles. The van der Waals surface area contributed by atoms with Crippen LogP contribution >= 0.6 is 0 Å². The van der Waals surface area contributed by atoms with Crippen molar-refractivity contribution in [2.75, 3.05) is 0 Å². The molecule has 0 aliphatic heterocycles. The maximum atomic E-state index is 6.09. The van der Waals surface area contributed by atoms with Gasteiger partial charge in [0.25, 0.3) is 0 Å². The van der Waals surface area contributed by atoms with E-state index in [9.17, 15) is 0 Å². The van der Waals surface area contributed by atoms with Gasteiger partial charge in [-0.05, 0) is 62.3 Å². The van der Waals surface area contributed by atoms with Crippen LogP contribution in [-0.4, -0.2) is 0 Å². The monoisotopic (exact) mass is 448 g/mol. The summed E-state index contributed by atoms with van der Waals surface area (Å²) in [6.07, 6.45) is 6.19. The molecule has 0 unspecified atom stereocenters. The van der Waals surface area contributed by atoms with Gasteiger partial charge in [-0.1, -0.05) is 103 Å². The SMILES string of the molecule is CCc1ccc2c(c1-c1cc(C(C)(C)C)cc(C(C)(C)C)c1)C=C(c1occ3ccccc13)C2. The Balaban J connectivity index is 1.73. The Kier molecular flexibility index (Phi) is 5.35. The van der Waals surface area contributed by atoms with Crippen molar-refractivity contribution in [1.29, 1.82) is 0 Å². The lowest BCUT2D eigenvalue weighted by Gasteiger charge is -2.27. The second kappa shape index (κ2) is 8.01. The molecule has 0 radical (unpaired) electrons. The van der Waals surface area contributed by atoms with Crippen molar-refractivity contribution in [3.63, 3.8) is 0 Å². The molecule has 0 saturated carbocycles. The predicted octanol–water partition coefficient (Wildman–Crippen LogP) is 9.35. The minimum Gasteiger partial charge on any atom is -0.463 e. The first kappa shape index (κ1) is 22.7. The highest BCUT2D eigenvalue weighted by atomic mass is 16.3. The van der Waals surface area contributed by atoms with Gasteiger partial charge in [0, 0.05) is 22.8 Å². The smallest absolute Gasteiger partial charge is 0.138 e. The van der Waals surface area contributed by atoms with Crippen molar-refractivity contribution in [1.82, 2.24) is 0 Å². The summed E-state index contributed by atoms with van der Waals surface area (Å²) >= 11 is 0. The maximum absolute atomic E-state index is 6.09. The van der Waals surface area contributed by atoms with Crippen LogP contribution in [0, 0.1) is 0 Å². The zero-order valence-electron chi connectivity index (χ0n) is 21.7. The van der Waals surface area contributed by atoms with E-state index in [-0.39, 0.29) is 10.8 Å². The quantitative estimate of drug-likeness (QED) is 0.304. The molecule has 0 bridgehead atoms. The van der Waals surface area contributed by atoms with Crippen LogP contribution < -0.4 is 0 Å². The minimum atomic E-state index is 0.0917. The van der Waals surface area contributed by atoms with Crippen LogP contribution in [0.1, 0.15) is 82.0 Å². The summed E-state index contributed by atoms with van der Waals surface area (Å²) in [5, 5.41) is 2.36. The largest absolute Gasteiger partial charge is 0.463 e. The standard InChI is InChI=1S/C33H36O/c1-8-21-13-14-22-15-25(31-28-12-10-9-11-23(28)20-34-31)18-29(22)30(21)24-16-26(32(2,3)4)19-27(17-24)33(5,6)7/h9-14,16-20H,8,15H2,1-7H3. The molecule has 1 aromatic heterocycles. The highest BCUT2D eigenvalue weighted by Gasteiger charge is 2.26. The Labute approximate surface area is 204 Å². The van der Waals surface area contributed by atoms with Gasteiger partial charge in [0.15, 0.2) is 0 Å². The predicted molar refractivity (Wildman–Crippen MR) is 146 cm³/mol. The fourth-order valence-electron chi connectivity index (χ4n) is 5.12. The van der Waals surface area contributed by atoms with Gasteiger partial charge >= 0.3 is 0 Å². The van der Waals surface area contributed by atoms with E-state index in [1.165, 1.54) is 49.9 Å². The molecule has 3 aromatic carbocycles. The van der Waals surface area contributed by atoms with Crippen LogP contribution in [0.25, 0.3) is 33.5 Å². The lowest BCUT2D eigenvalue weighted by Crippen LogP contribution is -2.16. The Hall–Kier alpha value is -3.06. The maximum Gasteiger partial charge on any atom is 0.138 e. The van der Waals surface area contributed by atoms with Gasteiger partial charge in [0.2, 0.25) is 0 Å². The highest BCUT2D eigenvalue weighted by molar-refractivity contribution is 6.01. The van der Waals surface area contributed by atoms with E-state index in [2.05, 4.69) is 109 Å². The minimum absolute atomic E-state index is 0.0917. The lowest BCUT2D eigenvalue weighted by atomic mass is 9.78. The molecule has 1 aliphatic carbocycles. The van der Waals surface area contributed by atoms with Crippen LogP contribution in [-0.2, 0) is 23.7 Å². The molecule has 1 nitrogen and oxygen atoms in total. The summed E-state index contributed by atoms with van der Waals surface area (Å²) in [4.78, 5) is 0. The topological polar surface area (TPSA) is 13.1 Å². The second-order valence-electron chi connectivity index (χ2n) is 11.8. The molecule has 0 amide bonds. The van der Waals surface area contributed by atoms with Crippen molar-refractivity contribution in [3.05, 3.63) is 94.4 Å². The second-order valence-corrected chi connectivity index (χ2v) is 11.8. The van der Waals surface area contributed by atoms with E-state index in [0.29, 0.717) is 0 Å². The average Bonchev–Trinajstić information content (AvgIpc) is 3.40. The van der Waals surface area contributed by atoms with Gasteiger partial charge in [-0.15, -0.1) is 0 Å². The molecular weight excluding hydrogens is 412 g/mol. The first-order valence-corrected chi connectivity index (χ1v) is 12.5. The molecule has 5 rings (SSSR count). The number of fused-ring (bicyclic) bond motifs is 2. The third-order valence-corrected chi connectivity index (χ3v) is 7.26.